The Bertz CT molecular complexity index is 763. The molecule has 1 aliphatic rings. The van der Waals surface area contributed by atoms with Gasteiger partial charge < -0.3 is 19.5 Å². The first kappa shape index (κ1) is 17.3. The number of aromatic nitrogens is 2. The molecule has 3 rings (SSSR count). The van der Waals surface area contributed by atoms with E-state index < -0.39 is 0 Å². The predicted octanol–water partition coefficient (Wildman–Crippen LogP) is 1.71. The van der Waals surface area contributed by atoms with Gasteiger partial charge >= 0.3 is 0 Å². The van der Waals surface area contributed by atoms with Crippen LogP contribution in [-0.2, 0) is 16.1 Å². The number of methoxy groups -OCH3 is 1. The molecule has 0 bridgehead atoms. The molecule has 0 spiro atoms. The van der Waals surface area contributed by atoms with Crippen molar-refractivity contribution in [3.05, 3.63) is 41.9 Å². The summed E-state index contributed by atoms with van der Waals surface area (Å²) in [7, 11) is 1.53. The largest absolute Gasteiger partial charge is 0.495 e. The molecular formula is C17H19ClN4O3. The second-order valence-electron chi connectivity index (χ2n) is 5.82. The van der Waals surface area contributed by atoms with Crippen LogP contribution in [0.4, 0.5) is 5.69 Å². The van der Waals surface area contributed by atoms with E-state index in [4.69, 9.17) is 16.3 Å². The van der Waals surface area contributed by atoms with Crippen LogP contribution in [0.3, 0.4) is 0 Å². The normalized spacial score (nSPS) is 17.0. The van der Waals surface area contributed by atoms with Crippen molar-refractivity contribution in [3.63, 3.8) is 0 Å². The highest BCUT2D eigenvalue weighted by atomic mass is 35.5. The van der Waals surface area contributed by atoms with Crippen molar-refractivity contribution in [2.75, 3.05) is 25.1 Å². The fourth-order valence-electron chi connectivity index (χ4n) is 2.83. The van der Waals surface area contributed by atoms with Crippen LogP contribution < -0.4 is 15.0 Å². The predicted molar refractivity (Wildman–Crippen MR) is 93.7 cm³/mol. The van der Waals surface area contributed by atoms with E-state index in [0.29, 0.717) is 36.1 Å². The van der Waals surface area contributed by atoms with E-state index in [9.17, 15) is 9.59 Å². The van der Waals surface area contributed by atoms with Crippen molar-refractivity contribution in [3.8, 4) is 5.75 Å². The standard InChI is InChI=1S/C17H19ClN4O3/c1-25-15-3-2-13(9-14(15)18)22-10-12(8-16(22)23)17(24)20-5-7-21-6-4-19-11-21/h2-4,6,9,11-12H,5,7-8,10H2,1H3,(H,20,24)/t12-/m1/s1. The Hall–Kier alpha value is -2.54. The summed E-state index contributed by atoms with van der Waals surface area (Å²) >= 11 is 6.12. The Morgan fingerprint density at radius 2 is 2.32 bits per heavy atom. The fourth-order valence-corrected chi connectivity index (χ4v) is 3.08. The summed E-state index contributed by atoms with van der Waals surface area (Å²) in [6.45, 7) is 1.48. The third-order valence-corrected chi connectivity index (χ3v) is 4.47. The van der Waals surface area contributed by atoms with Crippen LogP contribution in [0.15, 0.2) is 36.9 Å². The molecule has 1 fully saturated rings. The molecule has 1 aliphatic heterocycles. The third-order valence-electron chi connectivity index (χ3n) is 4.17. The average molecular weight is 363 g/mol. The van der Waals surface area contributed by atoms with Crippen molar-refractivity contribution >= 4 is 29.1 Å². The van der Waals surface area contributed by atoms with Crippen LogP contribution in [-0.4, -0.2) is 41.6 Å². The lowest BCUT2D eigenvalue weighted by molar-refractivity contribution is -0.126. The number of benzene rings is 1. The van der Waals surface area contributed by atoms with Gasteiger partial charge in [-0.3, -0.25) is 9.59 Å². The quantitative estimate of drug-likeness (QED) is 0.848. The summed E-state index contributed by atoms with van der Waals surface area (Å²) in [4.78, 5) is 30.1. The SMILES string of the molecule is COc1ccc(N2C[C@H](C(=O)NCCn3ccnc3)CC2=O)cc1Cl. The molecule has 25 heavy (non-hydrogen) atoms. The second kappa shape index (κ2) is 7.57. The molecule has 7 nitrogen and oxygen atoms in total. The maximum absolute atomic E-state index is 12.3. The van der Waals surface area contributed by atoms with Gasteiger partial charge in [0, 0.05) is 44.1 Å². The van der Waals surface area contributed by atoms with E-state index in [2.05, 4.69) is 10.3 Å². The minimum absolute atomic E-state index is 0.0870. The van der Waals surface area contributed by atoms with Crippen molar-refractivity contribution < 1.29 is 14.3 Å². The molecule has 2 heterocycles. The van der Waals surface area contributed by atoms with Crippen LogP contribution in [0.1, 0.15) is 6.42 Å². The minimum atomic E-state index is -0.365. The van der Waals surface area contributed by atoms with Crippen LogP contribution >= 0.6 is 11.6 Å². The summed E-state index contributed by atoms with van der Waals surface area (Å²) < 4.78 is 7.00. The molecule has 0 aliphatic carbocycles. The molecule has 0 saturated carbocycles. The van der Waals surface area contributed by atoms with Gasteiger partial charge in [-0.2, -0.15) is 0 Å². The number of anilines is 1. The van der Waals surface area contributed by atoms with Crippen molar-refractivity contribution in [1.82, 2.24) is 14.9 Å². The van der Waals surface area contributed by atoms with Crippen LogP contribution in [0.2, 0.25) is 5.02 Å². The molecule has 132 valence electrons. The summed E-state index contributed by atoms with van der Waals surface area (Å²) in [6, 6.07) is 5.16. The van der Waals surface area contributed by atoms with E-state index in [0.717, 1.165) is 0 Å². The van der Waals surface area contributed by atoms with E-state index in [1.807, 2.05) is 10.8 Å². The van der Waals surface area contributed by atoms with Crippen LogP contribution in [0, 0.1) is 5.92 Å². The van der Waals surface area contributed by atoms with Gasteiger partial charge in [-0.15, -0.1) is 0 Å². The number of ether oxygens (including phenoxy) is 1. The fraction of sp³-hybridized carbons (Fsp3) is 0.353. The van der Waals surface area contributed by atoms with Crippen molar-refractivity contribution in [2.45, 2.75) is 13.0 Å². The van der Waals surface area contributed by atoms with Gasteiger partial charge in [0.1, 0.15) is 5.75 Å². The Kier molecular flexibility index (Phi) is 5.23. The Balaban J connectivity index is 1.58. The van der Waals surface area contributed by atoms with E-state index in [-0.39, 0.29) is 24.2 Å². The zero-order valence-electron chi connectivity index (χ0n) is 13.8. The monoisotopic (exact) mass is 362 g/mol. The Morgan fingerprint density at radius 3 is 3.00 bits per heavy atom. The summed E-state index contributed by atoms with van der Waals surface area (Å²) in [5.74, 6) is -0.0198. The Labute approximate surface area is 150 Å². The molecule has 1 saturated heterocycles. The first-order chi connectivity index (χ1) is 12.1. The molecule has 1 aromatic carbocycles. The lowest BCUT2D eigenvalue weighted by Crippen LogP contribution is -2.34. The molecule has 0 unspecified atom stereocenters. The molecule has 1 aromatic heterocycles. The van der Waals surface area contributed by atoms with Gasteiger partial charge in [0.15, 0.2) is 0 Å². The number of carbonyl (C=O) groups is 2. The van der Waals surface area contributed by atoms with Gasteiger partial charge in [0.05, 0.1) is 24.4 Å². The van der Waals surface area contributed by atoms with Crippen LogP contribution in [0.5, 0.6) is 5.75 Å². The molecule has 0 radical (unpaired) electrons. The number of hydrogen-bond donors (Lipinski definition) is 1. The number of hydrogen-bond acceptors (Lipinski definition) is 4. The van der Waals surface area contributed by atoms with Crippen molar-refractivity contribution in [1.29, 1.82) is 0 Å². The topological polar surface area (TPSA) is 76.5 Å². The molecule has 8 heteroatoms. The summed E-state index contributed by atoms with van der Waals surface area (Å²) in [5.41, 5.74) is 0.671. The highest BCUT2D eigenvalue weighted by Crippen LogP contribution is 2.32. The number of halogens is 1. The number of rotatable bonds is 6. The minimum Gasteiger partial charge on any atom is -0.495 e. The molecule has 2 amide bonds. The third kappa shape index (κ3) is 3.93. The zero-order chi connectivity index (χ0) is 17.8. The molecule has 2 aromatic rings. The summed E-state index contributed by atoms with van der Waals surface area (Å²) in [5, 5.41) is 3.30. The van der Waals surface area contributed by atoms with Crippen molar-refractivity contribution in [2.24, 2.45) is 5.92 Å². The highest BCUT2D eigenvalue weighted by Gasteiger charge is 2.35. The first-order valence-electron chi connectivity index (χ1n) is 7.96. The van der Waals surface area contributed by atoms with E-state index >= 15 is 0 Å². The number of carbonyl (C=O) groups excluding carboxylic acids is 2. The van der Waals surface area contributed by atoms with Crippen LogP contribution in [0.25, 0.3) is 0 Å². The lowest BCUT2D eigenvalue weighted by Gasteiger charge is -2.18. The van der Waals surface area contributed by atoms with Gasteiger partial charge in [-0.1, -0.05) is 11.6 Å². The molecular weight excluding hydrogens is 344 g/mol. The van der Waals surface area contributed by atoms with Gasteiger partial charge in [-0.25, -0.2) is 4.98 Å². The maximum Gasteiger partial charge on any atom is 0.227 e. The Morgan fingerprint density at radius 1 is 1.48 bits per heavy atom. The lowest BCUT2D eigenvalue weighted by atomic mass is 10.1. The number of amides is 2. The number of imidazole rings is 1. The first-order valence-corrected chi connectivity index (χ1v) is 8.33. The average Bonchev–Trinajstić information content (AvgIpc) is 3.24. The zero-order valence-corrected chi connectivity index (χ0v) is 14.6. The number of nitrogens with one attached hydrogen (secondary N) is 1. The van der Waals surface area contributed by atoms with E-state index in [1.165, 1.54) is 7.11 Å². The van der Waals surface area contributed by atoms with Gasteiger partial charge in [0.2, 0.25) is 11.8 Å². The summed E-state index contributed by atoms with van der Waals surface area (Å²) in [6.07, 6.45) is 5.41. The van der Waals surface area contributed by atoms with E-state index in [1.54, 1.807) is 35.6 Å². The maximum atomic E-state index is 12.3. The molecule has 1 N–H and O–H groups in total. The van der Waals surface area contributed by atoms with Gasteiger partial charge in [-0.05, 0) is 18.2 Å². The second-order valence-corrected chi connectivity index (χ2v) is 6.22. The number of nitrogens with zero attached hydrogens (tertiary/aromatic N) is 3. The smallest absolute Gasteiger partial charge is 0.227 e. The highest BCUT2D eigenvalue weighted by molar-refractivity contribution is 6.32. The molecule has 1 atom stereocenters. The van der Waals surface area contributed by atoms with Gasteiger partial charge in [0.25, 0.3) is 0 Å².